The van der Waals surface area contributed by atoms with Gasteiger partial charge in [0, 0.05) is 23.2 Å². The van der Waals surface area contributed by atoms with Crippen LogP contribution in [0.4, 0.5) is 0 Å². The van der Waals surface area contributed by atoms with E-state index in [-0.39, 0.29) is 20.4 Å². The molecular formula is C40H36N4O3Pd. The molecule has 3 aromatic heterocycles. The van der Waals surface area contributed by atoms with Crippen LogP contribution in [0.15, 0.2) is 85.1 Å². The molecule has 7 aromatic rings. The summed E-state index contributed by atoms with van der Waals surface area (Å²) in [6.45, 7) is 13.3. The molecule has 7 rings (SSSR count). The molecule has 0 fully saturated rings. The van der Waals surface area contributed by atoms with Gasteiger partial charge in [0.15, 0.2) is 0 Å². The number of hydrogen-bond donors (Lipinski definition) is 0. The predicted octanol–water partition coefficient (Wildman–Crippen LogP) is 9.45. The van der Waals surface area contributed by atoms with Gasteiger partial charge in [-0.2, -0.15) is 12.1 Å². The third-order valence-electron chi connectivity index (χ3n) is 8.19. The van der Waals surface area contributed by atoms with E-state index in [0.29, 0.717) is 42.2 Å². The van der Waals surface area contributed by atoms with Crippen LogP contribution in [-0.2, 0) is 20.4 Å². The maximum Gasteiger partial charge on any atom is 2.00 e. The number of aryl methyl sites for hydroxylation is 4. The van der Waals surface area contributed by atoms with Crippen molar-refractivity contribution in [3.05, 3.63) is 119 Å². The third kappa shape index (κ3) is 5.98. The van der Waals surface area contributed by atoms with E-state index < -0.39 is 0 Å². The van der Waals surface area contributed by atoms with E-state index in [9.17, 15) is 0 Å². The molecule has 244 valence electrons. The molecule has 0 bridgehead atoms. The molecule has 48 heavy (non-hydrogen) atoms. The smallest absolute Gasteiger partial charge is 0.509 e. The maximum absolute atomic E-state index is 6.42. The fourth-order valence-corrected chi connectivity index (χ4v) is 6.39. The number of ether oxygens (including phenoxy) is 3. The van der Waals surface area contributed by atoms with Crippen LogP contribution >= 0.6 is 0 Å². The Morgan fingerprint density at radius 2 is 1.46 bits per heavy atom. The Hall–Kier alpha value is -4.90. The largest absolute Gasteiger partial charge is 2.00 e. The van der Waals surface area contributed by atoms with Crippen LogP contribution in [0.25, 0.3) is 44.4 Å². The fraction of sp³-hybridized carbons (Fsp3) is 0.200. The average Bonchev–Trinajstić information content (AvgIpc) is 3.56. The standard InChI is InChI=1S/C40H36N4O3.Pd/c1-7-45-39-38(37-27(5)20-26(4)21-28(37)6)40(46-8-2)44(42-39)29-12-11-13-30(23-29)47-31-16-17-33-32-14-9-10-15-34(32)43(35(33)24-31)36-22-25(3)18-19-41-36;/h9-22H,7-8H2,1-6H3;/q-2;+2. The molecule has 3 heterocycles. The molecule has 0 radical (unpaired) electrons. The number of nitrogens with zero attached hydrogens (tertiary/aromatic N) is 4. The zero-order valence-corrected chi connectivity index (χ0v) is 29.4. The maximum atomic E-state index is 6.42. The molecular weight excluding hydrogens is 691 g/mol. The summed E-state index contributed by atoms with van der Waals surface area (Å²) in [7, 11) is 0. The second kappa shape index (κ2) is 13.7. The molecule has 0 unspecified atom stereocenters. The van der Waals surface area contributed by atoms with Crippen molar-refractivity contribution < 1.29 is 34.6 Å². The first-order valence-electron chi connectivity index (χ1n) is 15.9. The van der Waals surface area contributed by atoms with Crippen LogP contribution in [0.2, 0.25) is 0 Å². The Balaban J connectivity index is 0.00000401. The normalized spacial score (nSPS) is 11.1. The molecule has 0 N–H and O–H groups in total. The summed E-state index contributed by atoms with van der Waals surface area (Å²) in [5.41, 5.74) is 9.11. The molecule has 0 atom stereocenters. The molecule has 0 amide bonds. The monoisotopic (exact) mass is 726 g/mol. The van der Waals surface area contributed by atoms with Gasteiger partial charge in [0.05, 0.1) is 13.2 Å². The molecule has 4 aromatic carbocycles. The van der Waals surface area contributed by atoms with Crippen molar-refractivity contribution in [2.45, 2.75) is 41.5 Å². The summed E-state index contributed by atoms with van der Waals surface area (Å²) in [5.74, 6) is 3.04. The van der Waals surface area contributed by atoms with Crippen LogP contribution < -0.4 is 14.2 Å². The van der Waals surface area contributed by atoms with E-state index in [1.807, 2.05) is 56.4 Å². The summed E-state index contributed by atoms with van der Waals surface area (Å²) in [5, 5.41) is 7.10. The topological polar surface area (TPSA) is 63.3 Å². The third-order valence-corrected chi connectivity index (χ3v) is 8.19. The van der Waals surface area contributed by atoms with Gasteiger partial charge in [0.1, 0.15) is 11.4 Å². The number of rotatable bonds is 9. The van der Waals surface area contributed by atoms with Gasteiger partial charge in [-0.15, -0.1) is 40.8 Å². The van der Waals surface area contributed by atoms with E-state index in [1.165, 1.54) is 5.56 Å². The van der Waals surface area contributed by atoms with Gasteiger partial charge in [-0.05, 0) is 93.1 Å². The van der Waals surface area contributed by atoms with E-state index >= 15 is 0 Å². The van der Waals surface area contributed by atoms with Crippen LogP contribution in [0.5, 0.6) is 23.3 Å². The second-order valence-corrected chi connectivity index (χ2v) is 11.7. The zero-order valence-electron chi connectivity index (χ0n) is 27.8. The van der Waals surface area contributed by atoms with Crippen molar-refractivity contribution in [3.8, 4) is 45.9 Å². The number of hydrogen-bond acceptors (Lipinski definition) is 5. The van der Waals surface area contributed by atoms with Gasteiger partial charge in [0.25, 0.3) is 0 Å². The predicted molar refractivity (Wildman–Crippen MR) is 187 cm³/mol. The van der Waals surface area contributed by atoms with Gasteiger partial charge < -0.3 is 18.8 Å². The molecule has 7 nitrogen and oxygen atoms in total. The molecule has 0 saturated heterocycles. The summed E-state index contributed by atoms with van der Waals surface area (Å²) >= 11 is 0. The van der Waals surface area contributed by atoms with Gasteiger partial charge in [0.2, 0.25) is 11.8 Å². The summed E-state index contributed by atoms with van der Waals surface area (Å²) in [6, 6.07) is 33.4. The molecule has 0 aliphatic carbocycles. The van der Waals surface area contributed by atoms with Crippen molar-refractivity contribution in [3.63, 3.8) is 0 Å². The van der Waals surface area contributed by atoms with E-state index in [1.54, 1.807) is 4.68 Å². The molecule has 0 aliphatic rings. The van der Waals surface area contributed by atoms with Gasteiger partial charge in [-0.3, -0.25) is 0 Å². The minimum Gasteiger partial charge on any atom is -0.509 e. The second-order valence-electron chi connectivity index (χ2n) is 11.7. The van der Waals surface area contributed by atoms with Gasteiger partial charge in [-0.25, -0.2) is 9.67 Å². The summed E-state index contributed by atoms with van der Waals surface area (Å²) in [4.78, 5) is 4.69. The average molecular weight is 727 g/mol. The van der Waals surface area contributed by atoms with Crippen LogP contribution in [0.3, 0.4) is 0 Å². The van der Waals surface area contributed by atoms with E-state index in [0.717, 1.165) is 55.4 Å². The number of aromatic nitrogens is 4. The quantitative estimate of drug-likeness (QED) is 0.110. The molecule has 0 saturated carbocycles. The first kappa shape index (κ1) is 33.0. The number of para-hydroxylation sites is 1. The number of fused-ring (bicyclic) bond motifs is 3. The van der Waals surface area contributed by atoms with Crippen molar-refractivity contribution in [2.24, 2.45) is 0 Å². The minimum atomic E-state index is 0. The molecule has 8 heteroatoms. The Morgan fingerprint density at radius 1 is 0.708 bits per heavy atom. The Morgan fingerprint density at radius 3 is 2.21 bits per heavy atom. The van der Waals surface area contributed by atoms with Crippen molar-refractivity contribution in [1.29, 1.82) is 0 Å². The number of pyridine rings is 1. The van der Waals surface area contributed by atoms with E-state index in [4.69, 9.17) is 19.3 Å². The van der Waals surface area contributed by atoms with Crippen molar-refractivity contribution in [1.82, 2.24) is 19.3 Å². The Bertz CT molecular complexity index is 2250. The van der Waals surface area contributed by atoms with Crippen LogP contribution in [0.1, 0.15) is 36.1 Å². The first-order chi connectivity index (χ1) is 22.9. The van der Waals surface area contributed by atoms with Crippen LogP contribution in [-0.4, -0.2) is 32.5 Å². The fourth-order valence-electron chi connectivity index (χ4n) is 6.39. The van der Waals surface area contributed by atoms with Crippen molar-refractivity contribution in [2.75, 3.05) is 13.2 Å². The molecule has 0 spiro atoms. The van der Waals surface area contributed by atoms with Gasteiger partial charge in [-0.1, -0.05) is 41.4 Å². The summed E-state index contributed by atoms with van der Waals surface area (Å²) < 4.78 is 22.7. The van der Waals surface area contributed by atoms with Gasteiger partial charge >= 0.3 is 20.4 Å². The zero-order chi connectivity index (χ0) is 32.7. The first-order valence-corrected chi connectivity index (χ1v) is 15.9. The number of benzene rings is 4. The SMILES string of the molecule is CCOc1nn(-c2[c-]c(Oc3[c-]c4c(cc3)c3ccccc3n4-c3cc(C)ccn3)ccc2)c(OCC)c1-c1c(C)cc(C)cc1C.[Pd+2]. The van der Waals surface area contributed by atoms with Crippen molar-refractivity contribution >= 4 is 21.8 Å². The van der Waals surface area contributed by atoms with E-state index in [2.05, 4.69) is 91.8 Å². The molecule has 0 aliphatic heterocycles. The summed E-state index contributed by atoms with van der Waals surface area (Å²) in [6.07, 6.45) is 1.84. The Labute approximate surface area is 294 Å². The minimum absolute atomic E-state index is 0. The van der Waals surface area contributed by atoms with Crippen LogP contribution in [0, 0.1) is 39.8 Å². The Kier molecular flexibility index (Phi) is 9.41.